The number of nitrogens with one attached hydrogen (secondary N) is 2. The number of benzene rings is 1. The third kappa shape index (κ3) is 6.18. The van der Waals surface area contributed by atoms with Gasteiger partial charge in [-0.15, -0.1) is 0 Å². The zero-order valence-electron chi connectivity index (χ0n) is 19.6. The van der Waals surface area contributed by atoms with Gasteiger partial charge in [0.2, 0.25) is 12.2 Å². The van der Waals surface area contributed by atoms with Crippen molar-refractivity contribution in [2.75, 3.05) is 33.0 Å². The molecule has 11 heteroatoms. The number of imidazole rings is 1. The first-order chi connectivity index (χ1) is 16.9. The molecule has 3 N–H and O–H groups in total. The van der Waals surface area contributed by atoms with Gasteiger partial charge < -0.3 is 29.6 Å². The predicted molar refractivity (Wildman–Crippen MR) is 124 cm³/mol. The fourth-order valence-electron chi connectivity index (χ4n) is 3.52. The van der Waals surface area contributed by atoms with E-state index in [1.807, 2.05) is 6.92 Å². The molecule has 35 heavy (non-hydrogen) atoms. The molecule has 1 amide bonds. The number of hydrogen-bond acceptors (Lipinski definition) is 8. The molecule has 1 aromatic carbocycles. The fraction of sp³-hybridized carbons (Fsp3) is 0.417. The zero-order chi connectivity index (χ0) is 24.8. The number of H-pyrrole nitrogens is 1. The number of carbonyl (C=O) groups excluding carboxylic acids is 1. The van der Waals surface area contributed by atoms with Crippen LogP contribution >= 0.6 is 0 Å². The number of nitrogens with zero attached hydrogens (tertiary/aromatic N) is 3. The van der Waals surface area contributed by atoms with E-state index in [9.17, 15) is 9.18 Å². The SMILES string of the molecule is CC(=O)NCC1(C)COC(c2nc(-c3ccc(F)cc3)c(-c3ccnc(OCCCO)n3)[nH]2)OC1. The van der Waals surface area contributed by atoms with Crippen LogP contribution in [0.2, 0.25) is 0 Å². The summed E-state index contributed by atoms with van der Waals surface area (Å²) in [6.45, 7) is 4.86. The molecule has 0 aliphatic carbocycles. The number of ether oxygens (including phenoxy) is 3. The molecule has 1 aliphatic rings. The summed E-state index contributed by atoms with van der Waals surface area (Å²) in [5, 5.41) is 11.8. The minimum Gasteiger partial charge on any atom is -0.463 e. The van der Waals surface area contributed by atoms with Gasteiger partial charge in [0, 0.05) is 43.7 Å². The molecule has 186 valence electrons. The quantitative estimate of drug-likeness (QED) is 0.394. The molecule has 4 rings (SSSR count). The Hall–Kier alpha value is -3.41. The zero-order valence-corrected chi connectivity index (χ0v) is 19.6. The first-order valence-corrected chi connectivity index (χ1v) is 11.3. The molecule has 3 heterocycles. The Labute approximate surface area is 201 Å². The van der Waals surface area contributed by atoms with Crippen LogP contribution in [0.3, 0.4) is 0 Å². The number of aliphatic hydroxyl groups excluding tert-OH is 1. The van der Waals surface area contributed by atoms with E-state index >= 15 is 0 Å². The van der Waals surface area contributed by atoms with E-state index in [1.54, 1.807) is 24.4 Å². The normalized spacial score (nSPS) is 19.9. The number of carbonyl (C=O) groups is 1. The summed E-state index contributed by atoms with van der Waals surface area (Å²) in [7, 11) is 0. The van der Waals surface area contributed by atoms with Gasteiger partial charge in [-0.05, 0) is 30.3 Å². The molecule has 0 bridgehead atoms. The molecule has 0 saturated carbocycles. The van der Waals surface area contributed by atoms with E-state index in [-0.39, 0.29) is 36.4 Å². The van der Waals surface area contributed by atoms with Crippen LogP contribution in [0, 0.1) is 11.2 Å². The Balaban J connectivity index is 1.61. The largest absolute Gasteiger partial charge is 0.463 e. The highest BCUT2D eigenvalue weighted by Crippen LogP contribution is 2.35. The lowest BCUT2D eigenvalue weighted by Gasteiger charge is -2.36. The van der Waals surface area contributed by atoms with Gasteiger partial charge in [-0.25, -0.2) is 14.4 Å². The summed E-state index contributed by atoms with van der Waals surface area (Å²) in [4.78, 5) is 27.8. The summed E-state index contributed by atoms with van der Waals surface area (Å²) < 4.78 is 31.0. The van der Waals surface area contributed by atoms with Crippen molar-refractivity contribution < 1.29 is 28.5 Å². The lowest BCUT2D eigenvalue weighted by atomic mass is 9.92. The second-order valence-electron chi connectivity index (χ2n) is 8.68. The second-order valence-corrected chi connectivity index (χ2v) is 8.68. The first-order valence-electron chi connectivity index (χ1n) is 11.3. The van der Waals surface area contributed by atoms with Crippen molar-refractivity contribution >= 4 is 5.91 Å². The van der Waals surface area contributed by atoms with E-state index in [0.717, 1.165) is 0 Å². The van der Waals surface area contributed by atoms with E-state index in [0.29, 0.717) is 54.6 Å². The number of aromatic amines is 1. The Morgan fingerprint density at radius 3 is 2.69 bits per heavy atom. The number of aliphatic hydroxyl groups is 1. The van der Waals surface area contributed by atoms with Gasteiger partial charge in [-0.3, -0.25) is 4.79 Å². The maximum atomic E-state index is 13.6. The standard InChI is InChI=1S/C24H28FN5O5/c1-15(32)27-12-24(2)13-34-22(35-14-24)21-29-19(16-4-6-17(25)7-5-16)20(30-21)18-8-9-26-23(28-18)33-11-3-10-31/h4-9,22,31H,3,10-14H2,1-2H3,(H,27,32)(H,29,30). The highest BCUT2D eigenvalue weighted by molar-refractivity contribution is 5.76. The molecule has 3 aromatic rings. The second kappa shape index (κ2) is 10.9. The van der Waals surface area contributed by atoms with Crippen LogP contribution in [0.25, 0.3) is 22.6 Å². The summed E-state index contributed by atoms with van der Waals surface area (Å²) in [6.07, 6.45) is 1.27. The topological polar surface area (TPSA) is 131 Å². The summed E-state index contributed by atoms with van der Waals surface area (Å²) in [6, 6.07) is 7.85. The maximum absolute atomic E-state index is 13.6. The van der Waals surface area contributed by atoms with Gasteiger partial charge in [0.1, 0.15) is 5.82 Å². The van der Waals surface area contributed by atoms with Gasteiger partial charge in [0.15, 0.2) is 5.82 Å². The highest BCUT2D eigenvalue weighted by Gasteiger charge is 2.35. The molecule has 0 unspecified atom stereocenters. The first kappa shape index (κ1) is 24.7. The molecule has 10 nitrogen and oxygen atoms in total. The third-order valence-electron chi connectivity index (χ3n) is 5.42. The van der Waals surface area contributed by atoms with E-state index in [4.69, 9.17) is 24.3 Å². The minimum absolute atomic E-state index is 0.00353. The number of hydrogen-bond donors (Lipinski definition) is 3. The number of amides is 1. The summed E-state index contributed by atoms with van der Waals surface area (Å²) in [5.74, 6) is -0.0372. The van der Waals surface area contributed by atoms with Crippen LogP contribution in [0.4, 0.5) is 4.39 Å². The van der Waals surface area contributed by atoms with Crippen molar-refractivity contribution in [3.8, 4) is 28.7 Å². The van der Waals surface area contributed by atoms with Crippen LogP contribution in [0.1, 0.15) is 32.4 Å². The number of rotatable bonds is 9. The van der Waals surface area contributed by atoms with Gasteiger partial charge in [0.05, 0.1) is 36.9 Å². The van der Waals surface area contributed by atoms with Crippen molar-refractivity contribution in [3.05, 3.63) is 48.2 Å². The van der Waals surface area contributed by atoms with Gasteiger partial charge >= 0.3 is 6.01 Å². The smallest absolute Gasteiger partial charge is 0.316 e. The molecule has 0 spiro atoms. The third-order valence-corrected chi connectivity index (χ3v) is 5.42. The van der Waals surface area contributed by atoms with Crippen molar-refractivity contribution in [2.45, 2.75) is 26.6 Å². The monoisotopic (exact) mass is 485 g/mol. The molecular weight excluding hydrogens is 457 g/mol. The molecule has 1 saturated heterocycles. The van der Waals surface area contributed by atoms with E-state index < -0.39 is 6.29 Å². The van der Waals surface area contributed by atoms with Gasteiger partial charge in [0.25, 0.3) is 0 Å². The highest BCUT2D eigenvalue weighted by atomic mass is 19.1. The van der Waals surface area contributed by atoms with Crippen LogP contribution in [0.15, 0.2) is 36.5 Å². The van der Waals surface area contributed by atoms with E-state index in [1.165, 1.54) is 19.1 Å². The van der Waals surface area contributed by atoms with Crippen LogP contribution < -0.4 is 10.1 Å². The maximum Gasteiger partial charge on any atom is 0.316 e. The van der Waals surface area contributed by atoms with Crippen molar-refractivity contribution in [3.63, 3.8) is 0 Å². The van der Waals surface area contributed by atoms with Crippen LogP contribution in [-0.2, 0) is 14.3 Å². The molecular formula is C24H28FN5O5. The van der Waals surface area contributed by atoms with Crippen molar-refractivity contribution in [1.82, 2.24) is 25.3 Å². The fourth-order valence-corrected chi connectivity index (χ4v) is 3.52. The molecule has 1 aliphatic heterocycles. The predicted octanol–water partition coefficient (Wildman–Crippen LogP) is 2.62. The Kier molecular flexibility index (Phi) is 7.69. The lowest BCUT2D eigenvalue weighted by molar-refractivity contribution is -0.232. The minimum atomic E-state index is -0.754. The average molecular weight is 486 g/mol. The summed E-state index contributed by atoms with van der Waals surface area (Å²) in [5.41, 5.74) is 1.93. The van der Waals surface area contributed by atoms with Crippen molar-refractivity contribution in [2.24, 2.45) is 5.41 Å². The molecule has 0 atom stereocenters. The van der Waals surface area contributed by atoms with E-state index in [2.05, 4.69) is 20.3 Å². The Morgan fingerprint density at radius 1 is 1.26 bits per heavy atom. The van der Waals surface area contributed by atoms with Gasteiger partial charge in [-0.2, -0.15) is 4.98 Å². The van der Waals surface area contributed by atoms with Gasteiger partial charge in [-0.1, -0.05) is 6.92 Å². The number of halogens is 1. The van der Waals surface area contributed by atoms with Crippen LogP contribution in [0.5, 0.6) is 6.01 Å². The lowest BCUT2D eigenvalue weighted by Crippen LogP contribution is -2.45. The molecule has 1 fully saturated rings. The average Bonchev–Trinajstić information content (AvgIpc) is 3.30. The van der Waals surface area contributed by atoms with Crippen LogP contribution in [-0.4, -0.2) is 63.9 Å². The molecule has 0 radical (unpaired) electrons. The molecule has 2 aromatic heterocycles. The Morgan fingerprint density at radius 2 is 2.00 bits per heavy atom. The summed E-state index contributed by atoms with van der Waals surface area (Å²) >= 11 is 0. The Bertz CT molecular complexity index is 1150. The number of aromatic nitrogens is 4. The van der Waals surface area contributed by atoms with Crippen molar-refractivity contribution in [1.29, 1.82) is 0 Å².